The number of ether oxygens (including phenoxy) is 1. The van der Waals surface area contributed by atoms with E-state index in [1.165, 1.54) is 16.1 Å². The van der Waals surface area contributed by atoms with Gasteiger partial charge in [0.25, 0.3) is 15.7 Å². The second kappa shape index (κ2) is 12.7. The van der Waals surface area contributed by atoms with Gasteiger partial charge in [-0.15, -0.1) is 0 Å². The molecule has 2 amide bonds. The topological polar surface area (TPSA) is 146 Å². The summed E-state index contributed by atoms with van der Waals surface area (Å²) in [7, 11) is -4.10. The molecule has 2 aliphatic heterocycles. The minimum absolute atomic E-state index is 0.0275. The van der Waals surface area contributed by atoms with Gasteiger partial charge < -0.3 is 14.5 Å². The molecule has 1 saturated heterocycles. The molecule has 0 saturated carbocycles. The Morgan fingerprint density at radius 3 is 2.40 bits per heavy atom. The molecule has 0 spiro atoms. The number of nitro benzene ring substituents is 1. The quantitative estimate of drug-likeness (QED) is 0.169. The van der Waals surface area contributed by atoms with Crippen molar-refractivity contribution < 1.29 is 22.9 Å². The Kier molecular flexibility index (Phi) is 8.27. The van der Waals surface area contributed by atoms with Crippen LogP contribution >= 0.6 is 0 Å². The Morgan fingerprint density at radius 1 is 0.979 bits per heavy atom. The number of aryl methyl sites for hydroxylation is 1. The maximum atomic E-state index is 14.4. The third-order valence-electron chi connectivity index (χ3n) is 8.76. The molecule has 0 radical (unpaired) electrons. The second-order valence-electron chi connectivity index (χ2n) is 11.6. The molecule has 0 N–H and O–H groups in total. The first-order chi connectivity index (χ1) is 23.3. The fourth-order valence-corrected chi connectivity index (χ4v) is 7.75. The largest absolute Gasteiger partial charge is 0.378 e. The zero-order valence-electron chi connectivity index (χ0n) is 26.2. The fraction of sp³-hybridized carbons (Fsp3) is 0.265. The Morgan fingerprint density at radius 2 is 1.73 bits per heavy atom. The van der Waals surface area contributed by atoms with Gasteiger partial charge in [0.15, 0.2) is 5.65 Å². The predicted molar refractivity (Wildman–Crippen MR) is 180 cm³/mol. The molecule has 3 aromatic heterocycles. The van der Waals surface area contributed by atoms with Gasteiger partial charge in [0.1, 0.15) is 5.69 Å². The molecule has 0 unspecified atom stereocenters. The molecule has 7 rings (SSSR count). The van der Waals surface area contributed by atoms with Crippen LogP contribution in [0.5, 0.6) is 0 Å². The van der Waals surface area contributed by atoms with Gasteiger partial charge in [-0.2, -0.15) is 5.10 Å². The zero-order chi connectivity index (χ0) is 33.4. The normalized spacial score (nSPS) is 15.5. The van der Waals surface area contributed by atoms with E-state index in [1.807, 2.05) is 31.3 Å². The Bertz CT molecular complexity index is 2150. The van der Waals surface area contributed by atoms with Crippen LogP contribution in [-0.2, 0) is 21.3 Å². The minimum Gasteiger partial charge on any atom is -0.378 e. The van der Waals surface area contributed by atoms with Gasteiger partial charge >= 0.3 is 6.03 Å². The summed E-state index contributed by atoms with van der Waals surface area (Å²) in [6.07, 6.45) is 5.85. The van der Waals surface area contributed by atoms with E-state index in [0.717, 1.165) is 16.7 Å². The molecule has 246 valence electrons. The average molecular weight is 668 g/mol. The van der Waals surface area contributed by atoms with Crippen molar-refractivity contribution in [3.63, 3.8) is 0 Å². The highest BCUT2D eigenvalue weighted by Gasteiger charge is 2.30. The van der Waals surface area contributed by atoms with E-state index < -0.39 is 14.9 Å². The summed E-state index contributed by atoms with van der Waals surface area (Å²) in [6, 6.07) is 18.1. The van der Waals surface area contributed by atoms with Gasteiger partial charge in [0.05, 0.1) is 28.7 Å². The lowest BCUT2D eigenvalue weighted by Gasteiger charge is -2.34. The summed E-state index contributed by atoms with van der Waals surface area (Å²) in [5.41, 5.74) is 4.25. The predicted octanol–water partition coefficient (Wildman–Crippen LogP) is 5.27. The summed E-state index contributed by atoms with van der Waals surface area (Å²) in [6.45, 7) is 5.42. The standard InChI is InChI=1S/C34H33N7O6S/c1-2-39-23-30(32(36-39)25-8-10-26(11-9-25)41(43)44)28-12-15-35-33-29(28)22-31(40(33)48(45,46)27-6-4-3-5-7-27)24-13-16-37(17-14-24)34(42)38-18-20-47-21-19-38/h3-13,15,22-23H,2,14,16-21H2,1H3. The van der Waals surface area contributed by atoms with Gasteiger partial charge in [0, 0.05) is 73.8 Å². The van der Waals surface area contributed by atoms with E-state index in [9.17, 15) is 23.3 Å². The van der Waals surface area contributed by atoms with Crippen molar-refractivity contribution in [3.05, 3.63) is 101 Å². The van der Waals surface area contributed by atoms with Crippen molar-refractivity contribution in [2.75, 3.05) is 39.4 Å². The van der Waals surface area contributed by atoms with E-state index >= 15 is 0 Å². The molecule has 2 aromatic carbocycles. The zero-order valence-corrected chi connectivity index (χ0v) is 27.0. The van der Waals surface area contributed by atoms with Crippen molar-refractivity contribution in [3.8, 4) is 22.4 Å². The molecule has 5 aromatic rings. The Labute approximate surface area is 276 Å². The van der Waals surface area contributed by atoms with Crippen LogP contribution in [-0.4, -0.2) is 87.3 Å². The average Bonchev–Trinajstić information content (AvgIpc) is 3.75. The first-order valence-corrected chi connectivity index (χ1v) is 17.1. The van der Waals surface area contributed by atoms with Gasteiger partial charge in [-0.1, -0.05) is 24.3 Å². The highest BCUT2D eigenvalue weighted by molar-refractivity contribution is 7.90. The van der Waals surface area contributed by atoms with Gasteiger partial charge in [-0.3, -0.25) is 14.8 Å². The van der Waals surface area contributed by atoms with Crippen LogP contribution in [0.15, 0.2) is 90.1 Å². The summed E-state index contributed by atoms with van der Waals surface area (Å²) >= 11 is 0. The molecule has 0 bridgehead atoms. The lowest BCUT2D eigenvalue weighted by Crippen LogP contribution is -2.49. The van der Waals surface area contributed by atoms with Gasteiger partial charge in [-0.25, -0.2) is 22.2 Å². The van der Waals surface area contributed by atoms with Crippen LogP contribution in [0.1, 0.15) is 19.0 Å². The molecule has 5 heterocycles. The first-order valence-electron chi connectivity index (χ1n) is 15.7. The Balaban J connectivity index is 1.37. The lowest BCUT2D eigenvalue weighted by atomic mass is 9.99. The molecule has 48 heavy (non-hydrogen) atoms. The molecular formula is C34H33N7O6S. The molecule has 13 nitrogen and oxygen atoms in total. The monoisotopic (exact) mass is 667 g/mol. The highest BCUT2D eigenvalue weighted by atomic mass is 32.2. The van der Waals surface area contributed by atoms with E-state index in [0.29, 0.717) is 74.7 Å². The van der Waals surface area contributed by atoms with Crippen LogP contribution in [0.4, 0.5) is 10.5 Å². The number of benzene rings is 2. The van der Waals surface area contributed by atoms with Crippen molar-refractivity contribution in [2.45, 2.75) is 24.8 Å². The first kappa shape index (κ1) is 31.3. The number of hydrogen-bond acceptors (Lipinski definition) is 8. The number of morpholine rings is 1. The molecule has 0 atom stereocenters. The van der Waals surface area contributed by atoms with E-state index in [-0.39, 0.29) is 22.3 Å². The smallest absolute Gasteiger partial charge is 0.320 e. The number of non-ortho nitro benzene ring substituents is 1. The van der Waals surface area contributed by atoms with Crippen LogP contribution in [0.3, 0.4) is 0 Å². The summed E-state index contributed by atoms with van der Waals surface area (Å²) < 4.78 is 37.2. The van der Waals surface area contributed by atoms with Crippen LogP contribution < -0.4 is 0 Å². The number of rotatable bonds is 7. The number of fused-ring (bicyclic) bond motifs is 1. The van der Waals surface area contributed by atoms with Gasteiger partial charge in [0.2, 0.25) is 0 Å². The maximum Gasteiger partial charge on any atom is 0.320 e. The molecule has 2 aliphatic rings. The number of carbonyl (C=O) groups excluding carboxylic acids is 1. The van der Waals surface area contributed by atoms with E-state index in [1.54, 1.807) is 63.1 Å². The Hall–Kier alpha value is -5.34. The third-order valence-corrected chi connectivity index (χ3v) is 10.5. The molecule has 1 fully saturated rings. The molecule has 14 heteroatoms. The minimum atomic E-state index is -4.10. The summed E-state index contributed by atoms with van der Waals surface area (Å²) in [5, 5.41) is 16.7. The highest BCUT2D eigenvalue weighted by Crippen LogP contribution is 2.39. The van der Waals surface area contributed by atoms with E-state index in [4.69, 9.17) is 9.84 Å². The van der Waals surface area contributed by atoms with Gasteiger partial charge in [-0.05, 0) is 60.9 Å². The fourth-order valence-electron chi connectivity index (χ4n) is 6.24. The summed E-state index contributed by atoms with van der Waals surface area (Å²) in [4.78, 5) is 32.3. The van der Waals surface area contributed by atoms with Crippen LogP contribution in [0.2, 0.25) is 0 Å². The SMILES string of the molecule is CCn1cc(-c2ccnc3c2cc(C2=CCN(C(=O)N4CCOCC4)CC2)n3S(=O)(=O)c2ccccc2)c(-c2ccc([N+](=O)[O-])cc2)n1. The van der Waals surface area contributed by atoms with Crippen LogP contribution in [0.25, 0.3) is 39.0 Å². The van der Waals surface area contributed by atoms with Crippen molar-refractivity contribution in [2.24, 2.45) is 0 Å². The number of nitrogens with zero attached hydrogens (tertiary/aromatic N) is 7. The van der Waals surface area contributed by atoms with Crippen molar-refractivity contribution in [1.82, 2.24) is 28.5 Å². The number of pyridine rings is 1. The lowest BCUT2D eigenvalue weighted by molar-refractivity contribution is -0.384. The number of aromatic nitrogens is 4. The van der Waals surface area contributed by atoms with Crippen LogP contribution in [0, 0.1) is 10.1 Å². The molecular weight excluding hydrogens is 634 g/mol. The van der Waals surface area contributed by atoms with Crippen molar-refractivity contribution >= 4 is 38.3 Å². The number of urea groups is 1. The number of nitro groups is 1. The van der Waals surface area contributed by atoms with Crippen molar-refractivity contribution in [1.29, 1.82) is 0 Å². The number of amides is 2. The third kappa shape index (κ3) is 5.62. The van der Waals surface area contributed by atoms with E-state index in [2.05, 4.69) is 4.98 Å². The number of carbonyl (C=O) groups is 1. The molecule has 0 aliphatic carbocycles. The second-order valence-corrected chi connectivity index (χ2v) is 13.4. The maximum absolute atomic E-state index is 14.4. The number of hydrogen-bond donors (Lipinski definition) is 0. The summed E-state index contributed by atoms with van der Waals surface area (Å²) in [5.74, 6) is 0.